The van der Waals surface area contributed by atoms with Crippen LogP contribution in [0.15, 0.2) is 30.3 Å². The molecule has 1 aromatic carbocycles. The number of hydrogen-bond acceptors (Lipinski definition) is 6. The van der Waals surface area contributed by atoms with Crippen LogP contribution >= 0.6 is 0 Å². The van der Waals surface area contributed by atoms with E-state index in [1.54, 1.807) is 4.90 Å². The van der Waals surface area contributed by atoms with Gasteiger partial charge in [-0.05, 0) is 56.4 Å². The molecule has 2 bridgehead atoms. The minimum absolute atomic E-state index is 0.0298. The van der Waals surface area contributed by atoms with E-state index in [9.17, 15) is 14.7 Å². The lowest BCUT2D eigenvalue weighted by Crippen LogP contribution is -2.62. The van der Waals surface area contributed by atoms with Crippen molar-refractivity contribution in [2.45, 2.75) is 103 Å². The summed E-state index contributed by atoms with van der Waals surface area (Å²) in [5.74, 6) is 1.37. The third-order valence-corrected chi connectivity index (χ3v) is 10.5. The molecule has 0 aromatic heterocycles. The summed E-state index contributed by atoms with van der Waals surface area (Å²) in [7, 11) is 0. The van der Waals surface area contributed by atoms with Crippen LogP contribution in [-0.2, 0) is 14.3 Å². The van der Waals surface area contributed by atoms with Gasteiger partial charge in [0.2, 0.25) is 11.8 Å². The Morgan fingerprint density at radius 3 is 2.27 bits per heavy atom. The second-order valence-corrected chi connectivity index (χ2v) is 15.0. The Kier molecular flexibility index (Phi) is 7.75. The molecule has 6 rings (SSSR count). The van der Waals surface area contributed by atoms with Crippen LogP contribution in [-0.4, -0.2) is 106 Å². The minimum Gasteiger partial charge on any atom is -0.381 e. The SMILES string of the molecule is CC(C)N1C(O)N(CC2COC2)C(=O)C12CC1CCC(C2)N1C[C@H]1CN(C(=O)CC(C)(C)C)C[C@@H]1c1ccccc1. The molecule has 5 atom stereocenters. The molecule has 5 fully saturated rings. The molecular formula is C33H50N4O4. The molecule has 3 unspecified atom stereocenters. The number of amides is 2. The number of carbonyl (C=O) groups excluding carboxylic acids is 2. The van der Waals surface area contributed by atoms with E-state index in [0.717, 1.165) is 45.3 Å². The van der Waals surface area contributed by atoms with Gasteiger partial charge in [-0.1, -0.05) is 51.1 Å². The maximum atomic E-state index is 14.1. The molecule has 41 heavy (non-hydrogen) atoms. The molecule has 1 N–H and O–H groups in total. The molecule has 8 nitrogen and oxygen atoms in total. The third kappa shape index (κ3) is 5.34. The van der Waals surface area contributed by atoms with Crippen LogP contribution < -0.4 is 0 Å². The van der Waals surface area contributed by atoms with Crippen molar-refractivity contribution < 1.29 is 19.4 Å². The van der Waals surface area contributed by atoms with Gasteiger partial charge in [-0.15, -0.1) is 0 Å². The highest BCUT2D eigenvalue weighted by atomic mass is 16.5. The van der Waals surface area contributed by atoms with E-state index >= 15 is 0 Å². The topological polar surface area (TPSA) is 76.6 Å². The van der Waals surface area contributed by atoms with Gasteiger partial charge in [0.25, 0.3) is 0 Å². The molecule has 0 radical (unpaired) electrons. The average molecular weight is 567 g/mol. The summed E-state index contributed by atoms with van der Waals surface area (Å²) >= 11 is 0. The van der Waals surface area contributed by atoms with Crippen LogP contribution in [0.5, 0.6) is 0 Å². The monoisotopic (exact) mass is 566 g/mol. The summed E-state index contributed by atoms with van der Waals surface area (Å²) in [5, 5.41) is 11.4. The van der Waals surface area contributed by atoms with Crippen molar-refractivity contribution in [2.24, 2.45) is 17.3 Å². The number of carbonyl (C=O) groups is 2. The van der Waals surface area contributed by atoms with E-state index < -0.39 is 11.9 Å². The predicted octanol–water partition coefficient (Wildman–Crippen LogP) is 3.51. The fourth-order valence-corrected chi connectivity index (χ4v) is 8.63. The number of piperidine rings is 1. The number of aliphatic hydroxyl groups excluding tert-OH is 1. The Balaban J connectivity index is 1.21. The molecule has 5 heterocycles. The first-order chi connectivity index (χ1) is 19.5. The molecule has 1 spiro atoms. The summed E-state index contributed by atoms with van der Waals surface area (Å²) < 4.78 is 5.37. The standard InChI is InChI=1S/C33H50N4O4/c1-22(2)37-31(40)36(16-23-20-41-21-23)30(39)33(37)13-26-11-12-27(14-33)35(26)18-25-17-34(29(38)15-32(3,4)5)19-28(25)24-9-7-6-8-10-24/h6-10,22-23,25-28,31,40H,11-21H2,1-5H3/t25-,26?,27?,28-,31?,33?/m1/s1. The van der Waals surface area contributed by atoms with Gasteiger partial charge in [0.15, 0.2) is 6.35 Å². The van der Waals surface area contributed by atoms with E-state index in [1.165, 1.54) is 5.56 Å². The molecule has 5 saturated heterocycles. The lowest BCUT2D eigenvalue weighted by molar-refractivity contribution is -0.143. The smallest absolute Gasteiger partial charge is 0.246 e. The van der Waals surface area contributed by atoms with Gasteiger partial charge >= 0.3 is 0 Å². The summed E-state index contributed by atoms with van der Waals surface area (Å²) in [4.78, 5) is 36.1. The van der Waals surface area contributed by atoms with E-state index in [0.29, 0.717) is 56.0 Å². The Hall–Kier alpha value is -2.00. The zero-order chi connectivity index (χ0) is 29.1. The van der Waals surface area contributed by atoms with Crippen molar-refractivity contribution in [3.8, 4) is 0 Å². The fraction of sp³-hybridized carbons (Fsp3) is 0.758. The first-order valence-corrected chi connectivity index (χ1v) is 15.9. The number of rotatable bonds is 7. The highest BCUT2D eigenvalue weighted by molar-refractivity contribution is 5.89. The number of likely N-dealkylation sites (tertiary alicyclic amines) is 1. The van der Waals surface area contributed by atoms with Crippen molar-refractivity contribution in [3.05, 3.63) is 35.9 Å². The predicted molar refractivity (Wildman–Crippen MR) is 158 cm³/mol. The summed E-state index contributed by atoms with van der Waals surface area (Å²) in [6.45, 7) is 15.1. The molecule has 226 valence electrons. The maximum absolute atomic E-state index is 14.1. The van der Waals surface area contributed by atoms with Gasteiger partial charge in [0.1, 0.15) is 5.54 Å². The van der Waals surface area contributed by atoms with Crippen LogP contribution in [0.25, 0.3) is 0 Å². The molecule has 0 aliphatic carbocycles. The Labute approximate surface area is 246 Å². The molecule has 5 aliphatic rings. The van der Waals surface area contributed by atoms with Crippen LogP contribution in [0.2, 0.25) is 0 Å². The molecule has 2 amide bonds. The van der Waals surface area contributed by atoms with Crippen molar-refractivity contribution in [1.29, 1.82) is 0 Å². The summed E-state index contributed by atoms with van der Waals surface area (Å²) in [5.41, 5.74) is 0.654. The van der Waals surface area contributed by atoms with Gasteiger partial charge in [0.05, 0.1) is 13.2 Å². The largest absolute Gasteiger partial charge is 0.381 e. The van der Waals surface area contributed by atoms with E-state index in [4.69, 9.17) is 4.74 Å². The van der Waals surface area contributed by atoms with Crippen LogP contribution in [0.4, 0.5) is 0 Å². The zero-order valence-corrected chi connectivity index (χ0v) is 25.7. The maximum Gasteiger partial charge on any atom is 0.246 e. The number of ether oxygens (including phenoxy) is 1. The van der Waals surface area contributed by atoms with Gasteiger partial charge in [-0.3, -0.25) is 14.5 Å². The summed E-state index contributed by atoms with van der Waals surface area (Å²) in [6, 6.07) is 11.4. The van der Waals surface area contributed by atoms with Crippen molar-refractivity contribution in [2.75, 3.05) is 39.4 Å². The molecule has 1 aromatic rings. The second-order valence-electron chi connectivity index (χ2n) is 15.0. The Morgan fingerprint density at radius 1 is 1.05 bits per heavy atom. The van der Waals surface area contributed by atoms with E-state index in [2.05, 4.69) is 79.7 Å². The molecular weight excluding hydrogens is 516 g/mol. The van der Waals surface area contributed by atoms with Gasteiger partial charge in [-0.25, -0.2) is 4.90 Å². The molecule has 8 heteroatoms. The zero-order valence-electron chi connectivity index (χ0n) is 25.7. The highest BCUT2D eigenvalue weighted by Gasteiger charge is 2.63. The first-order valence-electron chi connectivity index (χ1n) is 15.9. The normalized spacial score (nSPS) is 34.8. The highest BCUT2D eigenvalue weighted by Crippen LogP contribution is 2.50. The van der Waals surface area contributed by atoms with Crippen molar-refractivity contribution in [1.82, 2.24) is 19.6 Å². The third-order valence-electron chi connectivity index (χ3n) is 10.5. The quantitative estimate of drug-likeness (QED) is 0.545. The van der Waals surface area contributed by atoms with Crippen molar-refractivity contribution in [3.63, 3.8) is 0 Å². The number of hydrogen-bond donors (Lipinski definition) is 1. The van der Waals surface area contributed by atoms with Crippen LogP contribution in [0.3, 0.4) is 0 Å². The van der Waals surface area contributed by atoms with Gasteiger partial charge in [0, 0.05) is 62.6 Å². The number of aliphatic hydroxyl groups is 1. The number of fused-ring (bicyclic) bond motifs is 2. The number of benzene rings is 1. The second kappa shape index (κ2) is 10.9. The van der Waals surface area contributed by atoms with Crippen molar-refractivity contribution >= 4 is 11.8 Å². The molecule has 5 aliphatic heterocycles. The average Bonchev–Trinajstić information content (AvgIpc) is 3.46. The van der Waals surface area contributed by atoms with E-state index in [1.807, 2.05) is 0 Å². The lowest BCUT2D eigenvalue weighted by atomic mass is 9.79. The molecule has 0 saturated carbocycles. The van der Waals surface area contributed by atoms with Gasteiger partial charge < -0.3 is 19.6 Å². The number of nitrogens with zero attached hydrogens (tertiary/aromatic N) is 4. The Morgan fingerprint density at radius 2 is 1.71 bits per heavy atom. The van der Waals surface area contributed by atoms with E-state index in [-0.39, 0.29) is 23.3 Å². The minimum atomic E-state index is -0.867. The first kappa shape index (κ1) is 29.1. The summed E-state index contributed by atoms with van der Waals surface area (Å²) in [6.07, 6.45) is 3.42. The Bertz CT molecular complexity index is 1100. The van der Waals surface area contributed by atoms with Crippen LogP contribution in [0, 0.1) is 17.3 Å². The lowest BCUT2D eigenvalue weighted by Gasteiger charge is -2.49. The van der Waals surface area contributed by atoms with Gasteiger partial charge in [-0.2, -0.15) is 0 Å². The fourth-order valence-electron chi connectivity index (χ4n) is 8.63. The van der Waals surface area contributed by atoms with Crippen LogP contribution in [0.1, 0.15) is 78.2 Å².